The SMILES string of the molecule is C/C=C/[CH2][Ni][C]1=CCCC=CCC1. The van der Waals surface area contributed by atoms with Crippen molar-refractivity contribution in [2.45, 2.75) is 38.0 Å². The average molecular weight is 221 g/mol. The zero-order valence-electron chi connectivity index (χ0n) is 8.24. The molecule has 0 aromatic heterocycles. The average Bonchev–Trinajstić information content (AvgIpc) is 2.08. The van der Waals surface area contributed by atoms with Crippen LogP contribution in [-0.2, 0) is 14.4 Å². The molecule has 0 radical (unpaired) electrons. The molecule has 0 spiro atoms. The van der Waals surface area contributed by atoms with E-state index in [1.54, 1.807) is 19.0 Å². The van der Waals surface area contributed by atoms with E-state index in [1.807, 2.05) is 0 Å². The first-order valence-electron chi connectivity index (χ1n) is 4.90. The molecule has 0 aromatic carbocycles. The first-order chi connectivity index (χ1) is 6.43. The Bertz CT molecular complexity index is 211. The molecule has 0 fully saturated rings. The molecule has 0 N–H and O–H groups in total. The van der Waals surface area contributed by atoms with Gasteiger partial charge in [-0.3, -0.25) is 0 Å². The molecule has 0 heterocycles. The summed E-state index contributed by atoms with van der Waals surface area (Å²) in [5.41, 5.74) is 0. The molecule has 0 aromatic rings. The van der Waals surface area contributed by atoms with Crippen LogP contribution in [0.2, 0.25) is 5.39 Å². The summed E-state index contributed by atoms with van der Waals surface area (Å²) >= 11 is 1.80. The predicted molar refractivity (Wildman–Crippen MR) is 55.3 cm³/mol. The normalized spacial score (nSPS) is 18.7. The van der Waals surface area contributed by atoms with Gasteiger partial charge in [0.2, 0.25) is 0 Å². The standard InChI is InChI=1S/C8H11.C4H7.Ni/c1-2-4-6-8-7-5-3-1;1-3-4-2;/h1-2,7H,3-6H2;3-4H,1H2,2H3;/b;4-3+;. The van der Waals surface area contributed by atoms with Crippen molar-refractivity contribution < 1.29 is 14.4 Å². The van der Waals surface area contributed by atoms with Crippen molar-refractivity contribution in [1.29, 1.82) is 0 Å². The Kier molecular flexibility index (Phi) is 5.93. The minimum atomic E-state index is 1.15. The van der Waals surface area contributed by atoms with Gasteiger partial charge >= 0.3 is 87.4 Å². The summed E-state index contributed by atoms with van der Waals surface area (Å²) in [7, 11) is 0. The van der Waals surface area contributed by atoms with Crippen LogP contribution in [0.25, 0.3) is 0 Å². The van der Waals surface area contributed by atoms with Crippen LogP contribution in [-0.4, -0.2) is 0 Å². The Morgan fingerprint density at radius 1 is 1.31 bits per heavy atom. The molecule has 0 bridgehead atoms. The predicted octanol–water partition coefficient (Wildman–Crippen LogP) is 4.08. The number of allylic oxidation sites excluding steroid dienone is 6. The fourth-order valence-electron chi connectivity index (χ4n) is 1.17. The summed E-state index contributed by atoms with van der Waals surface area (Å²) in [5, 5.41) is 1.15. The van der Waals surface area contributed by atoms with Gasteiger partial charge in [0.1, 0.15) is 0 Å². The van der Waals surface area contributed by atoms with Gasteiger partial charge in [0, 0.05) is 0 Å². The molecule has 1 aliphatic carbocycles. The maximum atomic E-state index is 2.41. The molecule has 76 valence electrons. The summed E-state index contributed by atoms with van der Waals surface area (Å²) < 4.78 is 1.59. The van der Waals surface area contributed by atoms with Crippen molar-refractivity contribution in [3.63, 3.8) is 0 Å². The number of rotatable bonds is 3. The zero-order chi connectivity index (χ0) is 9.36. The van der Waals surface area contributed by atoms with Crippen molar-refractivity contribution in [2.24, 2.45) is 0 Å². The van der Waals surface area contributed by atoms with Crippen molar-refractivity contribution >= 4 is 0 Å². The van der Waals surface area contributed by atoms with Crippen LogP contribution >= 0.6 is 0 Å². The van der Waals surface area contributed by atoms with Gasteiger partial charge in [-0.1, -0.05) is 0 Å². The van der Waals surface area contributed by atoms with Gasteiger partial charge in [0.15, 0.2) is 0 Å². The van der Waals surface area contributed by atoms with Crippen LogP contribution in [0.3, 0.4) is 0 Å². The van der Waals surface area contributed by atoms with Crippen LogP contribution in [0, 0.1) is 0 Å². The van der Waals surface area contributed by atoms with Crippen LogP contribution in [0.4, 0.5) is 0 Å². The monoisotopic (exact) mass is 220 g/mol. The van der Waals surface area contributed by atoms with E-state index in [-0.39, 0.29) is 0 Å². The number of hydrogen-bond donors (Lipinski definition) is 0. The van der Waals surface area contributed by atoms with E-state index in [0.717, 1.165) is 5.39 Å². The third-order valence-electron chi connectivity index (χ3n) is 1.91. The van der Waals surface area contributed by atoms with Crippen molar-refractivity contribution in [3.05, 3.63) is 34.9 Å². The van der Waals surface area contributed by atoms with Gasteiger partial charge in [-0.05, 0) is 0 Å². The van der Waals surface area contributed by atoms with Gasteiger partial charge in [-0.15, -0.1) is 0 Å². The zero-order valence-corrected chi connectivity index (χ0v) is 9.23. The topological polar surface area (TPSA) is 0 Å². The van der Waals surface area contributed by atoms with Crippen molar-refractivity contribution in [3.8, 4) is 0 Å². The van der Waals surface area contributed by atoms with E-state index in [1.165, 1.54) is 25.7 Å². The van der Waals surface area contributed by atoms with E-state index in [9.17, 15) is 0 Å². The van der Waals surface area contributed by atoms with Gasteiger partial charge in [-0.25, -0.2) is 0 Å². The third-order valence-corrected chi connectivity index (χ3v) is 3.24. The Balaban J connectivity index is 2.30. The summed E-state index contributed by atoms with van der Waals surface area (Å²) in [4.78, 5) is 0. The maximum absolute atomic E-state index is 2.41. The van der Waals surface area contributed by atoms with E-state index in [0.29, 0.717) is 0 Å². The first-order valence-corrected chi connectivity index (χ1v) is 6.09. The molecule has 0 saturated heterocycles. The Morgan fingerprint density at radius 3 is 3.00 bits per heavy atom. The van der Waals surface area contributed by atoms with Gasteiger partial charge < -0.3 is 0 Å². The molecular formula is C12H18Ni. The van der Waals surface area contributed by atoms with Gasteiger partial charge in [-0.2, -0.15) is 0 Å². The Morgan fingerprint density at radius 2 is 2.15 bits per heavy atom. The fraction of sp³-hybridized carbons (Fsp3) is 0.500. The Labute approximate surface area is 87.6 Å². The minimum absolute atomic E-state index is 1.15. The molecule has 1 heteroatoms. The molecule has 0 amide bonds. The van der Waals surface area contributed by atoms with Gasteiger partial charge in [0.05, 0.1) is 0 Å². The summed E-state index contributed by atoms with van der Waals surface area (Å²) in [5.74, 6) is 0. The van der Waals surface area contributed by atoms with Crippen LogP contribution in [0.1, 0.15) is 32.6 Å². The molecular weight excluding hydrogens is 203 g/mol. The van der Waals surface area contributed by atoms with E-state index >= 15 is 0 Å². The second-order valence-electron chi connectivity index (χ2n) is 3.01. The fourth-order valence-corrected chi connectivity index (χ4v) is 2.38. The number of hydrogen-bond acceptors (Lipinski definition) is 0. The molecule has 0 unspecified atom stereocenters. The van der Waals surface area contributed by atoms with Crippen molar-refractivity contribution in [1.82, 2.24) is 0 Å². The molecule has 0 nitrogen and oxygen atoms in total. The van der Waals surface area contributed by atoms with Crippen LogP contribution in [0.15, 0.2) is 34.9 Å². The molecule has 1 rings (SSSR count). The van der Waals surface area contributed by atoms with E-state index < -0.39 is 0 Å². The quantitative estimate of drug-likeness (QED) is 0.497. The van der Waals surface area contributed by atoms with E-state index in [2.05, 4.69) is 37.3 Å². The summed E-state index contributed by atoms with van der Waals surface area (Å²) in [6, 6.07) is 0. The van der Waals surface area contributed by atoms with E-state index in [4.69, 9.17) is 0 Å². The molecule has 0 aliphatic heterocycles. The first kappa shape index (κ1) is 10.8. The molecule has 13 heavy (non-hydrogen) atoms. The molecule has 0 saturated carbocycles. The summed E-state index contributed by atoms with van der Waals surface area (Å²) in [6.45, 7) is 2.08. The van der Waals surface area contributed by atoms with Crippen LogP contribution < -0.4 is 0 Å². The molecule has 1 aliphatic rings. The third kappa shape index (κ3) is 5.11. The van der Waals surface area contributed by atoms with Crippen molar-refractivity contribution in [2.75, 3.05) is 0 Å². The summed E-state index contributed by atoms with van der Waals surface area (Å²) in [6.07, 6.45) is 16.3. The second-order valence-corrected chi connectivity index (χ2v) is 4.40. The van der Waals surface area contributed by atoms with Gasteiger partial charge in [0.25, 0.3) is 0 Å². The Hall–Kier alpha value is -0.286. The molecule has 0 atom stereocenters. The second kappa shape index (κ2) is 7.15. The van der Waals surface area contributed by atoms with Crippen LogP contribution in [0.5, 0.6) is 0 Å².